The van der Waals surface area contributed by atoms with Crippen molar-refractivity contribution in [2.75, 3.05) is 24.5 Å². The standard InChI is InChI=1S/C18H19Cl2F3N4O/c1-11-9-25(14-5-3-13(19)4-6-14)7-8-26(11)15(10-28)27-12(2)16(20)17(24-27)18(21,22)23/h3-6,10-11,15H,7-9H2,1-2H3/t11-,15?/m1/s1. The zero-order valence-electron chi connectivity index (χ0n) is 15.2. The largest absolute Gasteiger partial charge is 0.436 e. The second kappa shape index (κ2) is 7.93. The third kappa shape index (κ3) is 3.99. The molecule has 152 valence electrons. The predicted molar refractivity (Wildman–Crippen MR) is 102 cm³/mol. The lowest BCUT2D eigenvalue weighted by Gasteiger charge is -2.43. The molecule has 0 bridgehead atoms. The summed E-state index contributed by atoms with van der Waals surface area (Å²) in [5.41, 5.74) is -0.0689. The van der Waals surface area contributed by atoms with Gasteiger partial charge in [-0.25, -0.2) is 4.68 Å². The third-order valence-electron chi connectivity index (χ3n) is 4.93. The molecular formula is C18H19Cl2F3N4O. The van der Waals surface area contributed by atoms with Gasteiger partial charge in [-0.3, -0.25) is 9.69 Å². The van der Waals surface area contributed by atoms with Crippen molar-refractivity contribution in [1.29, 1.82) is 0 Å². The summed E-state index contributed by atoms with van der Waals surface area (Å²) < 4.78 is 40.4. The van der Waals surface area contributed by atoms with E-state index in [1.54, 1.807) is 12.1 Å². The van der Waals surface area contributed by atoms with Crippen LogP contribution in [0.3, 0.4) is 0 Å². The van der Waals surface area contributed by atoms with Crippen molar-refractivity contribution in [2.24, 2.45) is 0 Å². The van der Waals surface area contributed by atoms with Gasteiger partial charge in [0, 0.05) is 36.4 Å². The SMILES string of the molecule is Cc1c(Cl)c(C(F)(F)F)nn1C(C=O)N1CCN(c2ccc(Cl)cc2)C[C@H]1C. The second-order valence-electron chi connectivity index (χ2n) is 6.75. The molecule has 1 aromatic carbocycles. The summed E-state index contributed by atoms with van der Waals surface area (Å²) in [6.07, 6.45) is -5.04. The number of aldehydes is 1. The fourth-order valence-corrected chi connectivity index (χ4v) is 3.82. The number of piperazine rings is 1. The summed E-state index contributed by atoms with van der Waals surface area (Å²) >= 11 is 11.8. The van der Waals surface area contributed by atoms with E-state index in [2.05, 4.69) is 10.00 Å². The molecule has 1 saturated heterocycles. The molecule has 1 fully saturated rings. The molecule has 0 saturated carbocycles. The molecule has 10 heteroatoms. The molecule has 2 aromatic rings. The lowest BCUT2D eigenvalue weighted by molar-refractivity contribution is -0.142. The third-order valence-corrected chi connectivity index (χ3v) is 5.63. The molecule has 1 aromatic heterocycles. The van der Waals surface area contributed by atoms with Gasteiger partial charge in [-0.1, -0.05) is 23.2 Å². The molecule has 0 aliphatic carbocycles. The Morgan fingerprint density at radius 1 is 1.21 bits per heavy atom. The lowest BCUT2D eigenvalue weighted by Crippen LogP contribution is -2.54. The van der Waals surface area contributed by atoms with Crippen LogP contribution in [0.25, 0.3) is 0 Å². The smallest absolute Gasteiger partial charge is 0.369 e. The molecular weight excluding hydrogens is 416 g/mol. The van der Waals surface area contributed by atoms with E-state index >= 15 is 0 Å². The van der Waals surface area contributed by atoms with E-state index in [1.807, 2.05) is 24.0 Å². The van der Waals surface area contributed by atoms with Crippen LogP contribution < -0.4 is 4.90 Å². The van der Waals surface area contributed by atoms with Gasteiger partial charge in [0.2, 0.25) is 0 Å². The van der Waals surface area contributed by atoms with Gasteiger partial charge in [0.05, 0.1) is 10.7 Å². The van der Waals surface area contributed by atoms with Gasteiger partial charge in [0.25, 0.3) is 0 Å². The minimum atomic E-state index is -4.68. The minimum absolute atomic E-state index is 0.101. The average molecular weight is 435 g/mol. The molecule has 2 heterocycles. The Morgan fingerprint density at radius 2 is 1.86 bits per heavy atom. The predicted octanol–water partition coefficient (Wildman–Crippen LogP) is 4.43. The van der Waals surface area contributed by atoms with E-state index in [0.29, 0.717) is 30.9 Å². The summed E-state index contributed by atoms with van der Waals surface area (Å²) in [5, 5.41) is 3.77. The van der Waals surface area contributed by atoms with Crippen molar-refractivity contribution >= 4 is 35.2 Å². The molecule has 0 amide bonds. The average Bonchev–Trinajstić information content (AvgIpc) is 2.93. The monoisotopic (exact) mass is 434 g/mol. The van der Waals surface area contributed by atoms with Crippen molar-refractivity contribution < 1.29 is 18.0 Å². The molecule has 1 aliphatic heterocycles. The summed E-state index contributed by atoms with van der Waals surface area (Å²) in [6.45, 7) is 5.04. The highest BCUT2D eigenvalue weighted by atomic mass is 35.5. The highest BCUT2D eigenvalue weighted by Crippen LogP contribution is 2.36. The first kappa shape index (κ1) is 21.0. The van der Waals surface area contributed by atoms with Crippen LogP contribution in [0.1, 0.15) is 24.5 Å². The first-order valence-electron chi connectivity index (χ1n) is 8.67. The fraction of sp³-hybridized carbons (Fsp3) is 0.444. The van der Waals surface area contributed by atoms with Gasteiger partial charge in [-0.2, -0.15) is 18.3 Å². The highest BCUT2D eigenvalue weighted by Gasteiger charge is 2.40. The number of aromatic nitrogens is 2. The van der Waals surface area contributed by atoms with Crippen molar-refractivity contribution in [3.63, 3.8) is 0 Å². The Balaban J connectivity index is 1.83. The zero-order chi connectivity index (χ0) is 20.6. The Kier molecular flexibility index (Phi) is 5.93. The van der Waals surface area contributed by atoms with Crippen LogP contribution in [-0.2, 0) is 11.0 Å². The van der Waals surface area contributed by atoms with Crippen molar-refractivity contribution in [1.82, 2.24) is 14.7 Å². The Labute approximate surface area is 170 Å². The second-order valence-corrected chi connectivity index (χ2v) is 7.56. The van der Waals surface area contributed by atoms with Gasteiger partial charge < -0.3 is 4.90 Å². The van der Waals surface area contributed by atoms with E-state index < -0.39 is 23.1 Å². The molecule has 3 rings (SSSR count). The van der Waals surface area contributed by atoms with E-state index in [-0.39, 0.29) is 11.7 Å². The maximum absolute atomic E-state index is 13.1. The Morgan fingerprint density at radius 3 is 2.36 bits per heavy atom. The van der Waals surface area contributed by atoms with Crippen LogP contribution in [0.15, 0.2) is 24.3 Å². The van der Waals surface area contributed by atoms with Crippen LogP contribution in [0, 0.1) is 6.92 Å². The normalized spacial score (nSPS) is 19.7. The number of hydrogen-bond acceptors (Lipinski definition) is 4. The van der Waals surface area contributed by atoms with Crippen LogP contribution in [0.2, 0.25) is 10.0 Å². The van der Waals surface area contributed by atoms with Crippen molar-refractivity contribution in [2.45, 2.75) is 32.2 Å². The van der Waals surface area contributed by atoms with E-state index in [4.69, 9.17) is 23.2 Å². The van der Waals surface area contributed by atoms with E-state index in [9.17, 15) is 18.0 Å². The number of carbonyl (C=O) groups is 1. The maximum atomic E-state index is 13.1. The Bertz CT molecular complexity index is 854. The van der Waals surface area contributed by atoms with E-state index in [1.165, 1.54) is 6.92 Å². The molecule has 0 N–H and O–H groups in total. The van der Waals surface area contributed by atoms with Crippen molar-refractivity contribution in [3.05, 3.63) is 45.7 Å². The number of anilines is 1. The number of nitrogens with zero attached hydrogens (tertiary/aromatic N) is 4. The highest BCUT2D eigenvalue weighted by molar-refractivity contribution is 6.32. The van der Waals surface area contributed by atoms with Crippen LogP contribution in [0.4, 0.5) is 18.9 Å². The number of alkyl halides is 3. The summed E-state index contributed by atoms with van der Waals surface area (Å²) in [5.74, 6) is 0. The molecule has 5 nitrogen and oxygen atoms in total. The van der Waals surface area contributed by atoms with Gasteiger partial charge in [-0.05, 0) is 38.1 Å². The van der Waals surface area contributed by atoms with Gasteiger partial charge >= 0.3 is 6.18 Å². The first-order valence-corrected chi connectivity index (χ1v) is 9.42. The van der Waals surface area contributed by atoms with Gasteiger partial charge in [0.15, 0.2) is 18.1 Å². The topological polar surface area (TPSA) is 41.4 Å². The quantitative estimate of drug-likeness (QED) is 0.667. The summed E-state index contributed by atoms with van der Waals surface area (Å²) in [7, 11) is 0. The van der Waals surface area contributed by atoms with Crippen molar-refractivity contribution in [3.8, 4) is 0 Å². The zero-order valence-corrected chi connectivity index (χ0v) is 16.8. The summed E-state index contributed by atoms with van der Waals surface area (Å²) in [4.78, 5) is 15.8. The molecule has 1 aliphatic rings. The van der Waals surface area contributed by atoms with Gasteiger partial charge in [0.1, 0.15) is 0 Å². The number of hydrogen-bond donors (Lipinski definition) is 0. The molecule has 28 heavy (non-hydrogen) atoms. The molecule has 0 spiro atoms. The number of carbonyl (C=O) groups excluding carboxylic acids is 1. The number of benzene rings is 1. The molecule has 0 radical (unpaired) electrons. The minimum Gasteiger partial charge on any atom is -0.369 e. The lowest BCUT2D eigenvalue weighted by atomic mass is 10.1. The van der Waals surface area contributed by atoms with Crippen LogP contribution in [-0.4, -0.2) is 46.6 Å². The van der Waals surface area contributed by atoms with Gasteiger partial charge in [-0.15, -0.1) is 0 Å². The van der Waals surface area contributed by atoms with E-state index in [0.717, 1.165) is 10.4 Å². The maximum Gasteiger partial charge on any atom is 0.436 e. The van der Waals surface area contributed by atoms with Crippen LogP contribution >= 0.6 is 23.2 Å². The fourth-order valence-electron chi connectivity index (χ4n) is 3.46. The number of halogens is 5. The molecule has 1 unspecified atom stereocenters. The number of rotatable bonds is 4. The Hall–Kier alpha value is -1.77. The molecule has 2 atom stereocenters. The van der Waals surface area contributed by atoms with Crippen LogP contribution in [0.5, 0.6) is 0 Å². The first-order chi connectivity index (χ1) is 13.1. The summed E-state index contributed by atoms with van der Waals surface area (Å²) in [6, 6.07) is 7.33.